The highest BCUT2D eigenvalue weighted by Crippen LogP contribution is 2.27. The van der Waals surface area contributed by atoms with Crippen LogP contribution in [0.4, 0.5) is 17.5 Å². The predicted octanol–water partition coefficient (Wildman–Crippen LogP) is 3.00. The van der Waals surface area contributed by atoms with Gasteiger partial charge in [-0.2, -0.15) is 9.97 Å². The van der Waals surface area contributed by atoms with E-state index in [0.29, 0.717) is 11.5 Å². The minimum atomic E-state index is 0.197. The largest absolute Gasteiger partial charge is 0.368 e. The van der Waals surface area contributed by atoms with Gasteiger partial charge < -0.3 is 16.0 Å². The van der Waals surface area contributed by atoms with Gasteiger partial charge in [0, 0.05) is 10.2 Å². The van der Waals surface area contributed by atoms with Gasteiger partial charge in [0.1, 0.15) is 5.52 Å². The van der Waals surface area contributed by atoms with Crippen LogP contribution in [-0.4, -0.2) is 19.9 Å². The van der Waals surface area contributed by atoms with E-state index in [1.54, 1.807) is 6.33 Å². The van der Waals surface area contributed by atoms with E-state index in [1.807, 2.05) is 12.1 Å². The number of nitrogen functional groups attached to an aromatic ring is 1. The zero-order chi connectivity index (χ0) is 14.1. The lowest BCUT2D eigenvalue weighted by Gasteiger charge is -2.11. The van der Waals surface area contributed by atoms with Gasteiger partial charge in [-0.25, -0.2) is 4.98 Å². The maximum absolute atomic E-state index is 5.71. The number of nitrogens with zero attached hydrogens (tertiary/aromatic N) is 3. The molecule has 6 nitrogen and oxygen atoms in total. The number of nitrogens with one attached hydrogen (secondary N) is 2. The standard InChI is InChI=1S/C13H13BrN6/c1-2-7-5-8(14)3-4-9(7)18-12-10-11(17-6-16-10)19-13(15)20-12/h3-6H,2H2,1H3,(H4,15,16,17,18,19,20). The summed E-state index contributed by atoms with van der Waals surface area (Å²) in [4.78, 5) is 15.4. The molecule has 102 valence electrons. The molecule has 0 unspecified atom stereocenters. The Morgan fingerprint density at radius 1 is 1.35 bits per heavy atom. The van der Waals surface area contributed by atoms with E-state index < -0.39 is 0 Å². The van der Waals surface area contributed by atoms with E-state index in [2.05, 4.69) is 54.2 Å². The van der Waals surface area contributed by atoms with E-state index in [-0.39, 0.29) is 5.95 Å². The summed E-state index contributed by atoms with van der Waals surface area (Å²) in [6.45, 7) is 2.10. The van der Waals surface area contributed by atoms with Crippen molar-refractivity contribution in [1.29, 1.82) is 0 Å². The first-order valence-corrected chi connectivity index (χ1v) is 6.98. The molecular weight excluding hydrogens is 320 g/mol. The van der Waals surface area contributed by atoms with Gasteiger partial charge in [-0.3, -0.25) is 0 Å². The quantitative estimate of drug-likeness (QED) is 0.685. The van der Waals surface area contributed by atoms with E-state index in [0.717, 1.165) is 22.1 Å². The normalized spacial score (nSPS) is 10.9. The molecule has 0 atom stereocenters. The number of H-pyrrole nitrogens is 1. The number of rotatable bonds is 3. The summed E-state index contributed by atoms with van der Waals surface area (Å²) in [5, 5.41) is 3.30. The van der Waals surface area contributed by atoms with Gasteiger partial charge in [-0.05, 0) is 30.2 Å². The Morgan fingerprint density at radius 3 is 3.00 bits per heavy atom. The van der Waals surface area contributed by atoms with Gasteiger partial charge in [0.15, 0.2) is 11.5 Å². The molecule has 20 heavy (non-hydrogen) atoms. The molecule has 0 radical (unpaired) electrons. The Kier molecular flexibility index (Phi) is 3.27. The number of anilines is 3. The van der Waals surface area contributed by atoms with Crippen molar-refractivity contribution >= 4 is 44.5 Å². The smallest absolute Gasteiger partial charge is 0.224 e. The average molecular weight is 333 g/mol. The molecule has 0 bridgehead atoms. The first kappa shape index (κ1) is 12.9. The van der Waals surface area contributed by atoms with Crippen LogP contribution < -0.4 is 11.1 Å². The number of nitrogens with two attached hydrogens (primary N) is 1. The van der Waals surface area contributed by atoms with Gasteiger partial charge in [0.2, 0.25) is 5.95 Å². The summed E-state index contributed by atoms with van der Waals surface area (Å²) < 4.78 is 1.05. The van der Waals surface area contributed by atoms with Crippen molar-refractivity contribution < 1.29 is 0 Å². The number of aromatic nitrogens is 4. The van der Waals surface area contributed by atoms with Crippen molar-refractivity contribution in [3.8, 4) is 0 Å². The highest BCUT2D eigenvalue weighted by atomic mass is 79.9. The molecule has 2 heterocycles. The monoisotopic (exact) mass is 332 g/mol. The van der Waals surface area contributed by atoms with Crippen LogP contribution >= 0.6 is 15.9 Å². The third-order valence-corrected chi connectivity index (χ3v) is 3.50. The molecule has 2 aromatic heterocycles. The van der Waals surface area contributed by atoms with Crippen LogP contribution in [0.1, 0.15) is 12.5 Å². The maximum Gasteiger partial charge on any atom is 0.224 e. The Balaban J connectivity index is 2.07. The zero-order valence-electron chi connectivity index (χ0n) is 10.8. The Hall–Kier alpha value is -2.15. The van der Waals surface area contributed by atoms with Crippen LogP contribution in [0.3, 0.4) is 0 Å². The molecule has 0 saturated heterocycles. The fourth-order valence-corrected chi connectivity index (χ4v) is 2.45. The van der Waals surface area contributed by atoms with Gasteiger partial charge in [0.05, 0.1) is 6.33 Å². The van der Waals surface area contributed by atoms with E-state index in [4.69, 9.17) is 5.73 Å². The highest BCUT2D eigenvalue weighted by Gasteiger charge is 2.10. The molecule has 3 rings (SSSR count). The van der Waals surface area contributed by atoms with E-state index >= 15 is 0 Å². The Morgan fingerprint density at radius 2 is 2.20 bits per heavy atom. The molecule has 7 heteroatoms. The highest BCUT2D eigenvalue weighted by molar-refractivity contribution is 9.10. The minimum absolute atomic E-state index is 0.197. The number of aromatic amines is 1. The van der Waals surface area contributed by atoms with Gasteiger partial charge >= 0.3 is 0 Å². The lowest BCUT2D eigenvalue weighted by atomic mass is 10.1. The number of halogens is 1. The van der Waals surface area contributed by atoms with Crippen LogP contribution in [0.25, 0.3) is 11.2 Å². The van der Waals surface area contributed by atoms with Crippen LogP contribution in [0.15, 0.2) is 29.0 Å². The second-order valence-electron chi connectivity index (χ2n) is 4.31. The second kappa shape index (κ2) is 5.09. The van der Waals surface area contributed by atoms with Gasteiger partial charge in [0.25, 0.3) is 0 Å². The molecule has 3 aromatic rings. The van der Waals surface area contributed by atoms with Gasteiger partial charge in [-0.1, -0.05) is 22.9 Å². The van der Waals surface area contributed by atoms with Crippen LogP contribution in [-0.2, 0) is 6.42 Å². The van der Waals surface area contributed by atoms with Crippen LogP contribution in [0, 0.1) is 0 Å². The number of hydrogen-bond acceptors (Lipinski definition) is 5. The number of imidazole rings is 1. The summed E-state index contributed by atoms with van der Waals surface area (Å²) in [7, 11) is 0. The number of aryl methyl sites for hydroxylation is 1. The van der Waals surface area contributed by atoms with Crippen LogP contribution in [0.5, 0.6) is 0 Å². The molecule has 0 amide bonds. The first-order valence-electron chi connectivity index (χ1n) is 6.19. The predicted molar refractivity (Wildman–Crippen MR) is 82.9 cm³/mol. The summed E-state index contributed by atoms with van der Waals surface area (Å²) in [6, 6.07) is 6.07. The fourth-order valence-electron chi connectivity index (χ4n) is 2.04. The van der Waals surface area contributed by atoms with E-state index in [1.165, 1.54) is 5.56 Å². The fraction of sp³-hybridized carbons (Fsp3) is 0.154. The molecule has 0 spiro atoms. The molecule has 4 N–H and O–H groups in total. The molecule has 0 aliphatic carbocycles. The van der Waals surface area contributed by atoms with E-state index in [9.17, 15) is 0 Å². The lowest BCUT2D eigenvalue weighted by molar-refractivity contribution is 1.13. The third kappa shape index (κ3) is 2.32. The summed E-state index contributed by atoms with van der Waals surface area (Å²) in [6.07, 6.45) is 2.49. The minimum Gasteiger partial charge on any atom is -0.368 e. The average Bonchev–Trinajstić information content (AvgIpc) is 2.88. The molecule has 1 aromatic carbocycles. The molecule has 0 aliphatic heterocycles. The Labute approximate surface area is 124 Å². The summed E-state index contributed by atoms with van der Waals surface area (Å²) >= 11 is 3.48. The molecule has 0 fully saturated rings. The number of fused-ring (bicyclic) bond motifs is 1. The van der Waals surface area contributed by atoms with Crippen molar-refractivity contribution in [2.75, 3.05) is 11.1 Å². The lowest BCUT2D eigenvalue weighted by Crippen LogP contribution is -2.02. The van der Waals surface area contributed by atoms with Crippen molar-refractivity contribution in [3.63, 3.8) is 0 Å². The zero-order valence-corrected chi connectivity index (χ0v) is 12.4. The van der Waals surface area contributed by atoms with Crippen molar-refractivity contribution in [3.05, 3.63) is 34.6 Å². The molecular formula is C13H13BrN6. The van der Waals surface area contributed by atoms with Crippen molar-refractivity contribution in [1.82, 2.24) is 19.9 Å². The summed E-state index contributed by atoms with van der Waals surface area (Å²) in [5.74, 6) is 0.823. The number of hydrogen-bond donors (Lipinski definition) is 3. The maximum atomic E-state index is 5.71. The van der Waals surface area contributed by atoms with Crippen molar-refractivity contribution in [2.45, 2.75) is 13.3 Å². The molecule has 0 aliphatic rings. The van der Waals surface area contributed by atoms with Gasteiger partial charge in [-0.15, -0.1) is 0 Å². The number of benzene rings is 1. The summed E-state index contributed by atoms with van der Waals surface area (Å²) in [5.41, 5.74) is 9.17. The topological polar surface area (TPSA) is 92.5 Å². The first-order chi connectivity index (χ1) is 9.67. The Bertz CT molecular complexity index is 767. The van der Waals surface area contributed by atoms with Crippen LogP contribution in [0.2, 0.25) is 0 Å². The SMILES string of the molecule is CCc1cc(Br)ccc1Nc1nc(N)nc2nc[nH]c12. The van der Waals surface area contributed by atoms with Crippen molar-refractivity contribution in [2.24, 2.45) is 0 Å². The molecule has 0 saturated carbocycles. The third-order valence-electron chi connectivity index (χ3n) is 3.00. The second-order valence-corrected chi connectivity index (χ2v) is 5.23.